The van der Waals surface area contributed by atoms with Gasteiger partial charge in [-0.1, -0.05) is 17.7 Å². The summed E-state index contributed by atoms with van der Waals surface area (Å²) in [4.78, 5) is 34.3. The Hall–Kier alpha value is -1.75. The molecule has 1 heterocycles. The first-order valence-corrected chi connectivity index (χ1v) is 5.86. The van der Waals surface area contributed by atoms with Gasteiger partial charge < -0.3 is 14.8 Å². The summed E-state index contributed by atoms with van der Waals surface area (Å²) in [6, 6.07) is 3.82. The number of benzene rings is 1. The van der Waals surface area contributed by atoms with Gasteiger partial charge in [0, 0.05) is 18.0 Å². The number of halogens is 1. The van der Waals surface area contributed by atoms with Gasteiger partial charge in [0.1, 0.15) is 0 Å². The molecule has 21 heavy (non-hydrogen) atoms. The number of carbonyl (C=O) groups excluding carboxylic acids is 3. The third kappa shape index (κ3) is 4.11. The molecule has 1 aromatic carbocycles. The zero-order valence-electron chi connectivity index (χ0n) is 11.0. The van der Waals surface area contributed by atoms with Gasteiger partial charge in [0.05, 0.1) is 7.11 Å². The quantitative estimate of drug-likeness (QED) is 0.536. The van der Waals surface area contributed by atoms with Crippen molar-refractivity contribution in [2.45, 2.75) is 18.9 Å². The maximum absolute atomic E-state index is 13.5. The van der Waals surface area contributed by atoms with Crippen molar-refractivity contribution in [3.05, 3.63) is 34.9 Å². The van der Waals surface area contributed by atoms with Crippen LogP contribution in [0.3, 0.4) is 0 Å². The molecule has 3 amide bonds. The van der Waals surface area contributed by atoms with Crippen molar-refractivity contribution in [2.24, 2.45) is 0 Å². The SMILES string of the molecule is COc1[c-]c(C(=O)[N-]C2CCC(=O)NC2=O)c(F)cc1.[W+2]. The van der Waals surface area contributed by atoms with Gasteiger partial charge in [0.2, 0.25) is 11.8 Å². The molecule has 0 saturated carbocycles. The van der Waals surface area contributed by atoms with E-state index in [4.69, 9.17) is 4.74 Å². The van der Waals surface area contributed by atoms with Crippen LogP contribution in [0.5, 0.6) is 5.75 Å². The van der Waals surface area contributed by atoms with E-state index in [0.717, 1.165) is 6.07 Å². The number of nitrogens with one attached hydrogen (secondary N) is 1. The fraction of sp³-hybridized carbons (Fsp3) is 0.308. The predicted molar refractivity (Wildman–Crippen MR) is 65.6 cm³/mol. The first-order chi connectivity index (χ1) is 9.51. The standard InChI is InChI=1S/C13H12FN2O4.W/c1-20-7-2-3-9(14)8(6-7)12(18)15-10-4-5-11(17)16-13(10)19;/h2-3,10H,4-5H2,1H3,(H2,15,16,17,18,19);/q-1;+2/p-1. The number of nitrogens with zero attached hydrogens (tertiary/aromatic N) is 1. The van der Waals surface area contributed by atoms with Gasteiger partial charge >= 0.3 is 21.1 Å². The number of ether oxygens (including phenoxy) is 1. The van der Waals surface area contributed by atoms with E-state index in [9.17, 15) is 18.8 Å². The van der Waals surface area contributed by atoms with E-state index in [1.54, 1.807) is 0 Å². The van der Waals surface area contributed by atoms with Crippen LogP contribution in [0.4, 0.5) is 4.39 Å². The van der Waals surface area contributed by atoms with Crippen LogP contribution in [0.25, 0.3) is 5.32 Å². The van der Waals surface area contributed by atoms with Crippen molar-refractivity contribution >= 4 is 17.7 Å². The fourth-order valence-corrected chi connectivity index (χ4v) is 1.74. The minimum atomic E-state index is -0.987. The molecule has 1 N–H and O–H groups in total. The van der Waals surface area contributed by atoms with Gasteiger partial charge in [-0.05, 0) is 18.4 Å². The summed E-state index contributed by atoms with van der Waals surface area (Å²) >= 11 is 0. The number of carbonyl (C=O) groups is 3. The van der Waals surface area contributed by atoms with Gasteiger partial charge in [-0.2, -0.15) is 0 Å². The van der Waals surface area contributed by atoms with Crippen LogP contribution in [-0.2, 0) is 30.7 Å². The maximum atomic E-state index is 13.5. The molecule has 110 valence electrons. The zero-order valence-corrected chi connectivity index (χ0v) is 13.9. The van der Waals surface area contributed by atoms with E-state index in [1.807, 2.05) is 0 Å². The molecule has 8 heteroatoms. The smallest absolute Gasteiger partial charge is 0.684 e. The number of amides is 3. The molecule has 1 unspecified atom stereocenters. The van der Waals surface area contributed by atoms with E-state index in [0.29, 0.717) is 0 Å². The Morgan fingerprint density at radius 1 is 1.48 bits per heavy atom. The van der Waals surface area contributed by atoms with Crippen LogP contribution in [0.15, 0.2) is 12.1 Å². The van der Waals surface area contributed by atoms with E-state index in [1.165, 1.54) is 13.2 Å². The minimum Gasteiger partial charge on any atom is -0.684 e. The first-order valence-electron chi connectivity index (χ1n) is 5.86. The van der Waals surface area contributed by atoms with Gasteiger partial charge in [-0.25, -0.2) is 0 Å². The van der Waals surface area contributed by atoms with Crippen molar-refractivity contribution in [2.75, 3.05) is 7.11 Å². The van der Waals surface area contributed by atoms with Crippen LogP contribution in [-0.4, -0.2) is 30.9 Å². The maximum Gasteiger partial charge on any atom is 2.00 e. The zero-order chi connectivity index (χ0) is 14.7. The molecule has 6 nitrogen and oxygen atoms in total. The second-order valence-electron chi connectivity index (χ2n) is 4.15. The molecule has 0 bridgehead atoms. The normalized spacial score (nSPS) is 17.5. The summed E-state index contributed by atoms with van der Waals surface area (Å²) < 4.78 is 18.4. The van der Waals surface area contributed by atoms with Crippen molar-refractivity contribution in [3.8, 4) is 5.75 Å². The number of hydrogen-bond acceptors (Lipinski definition) is 4. The van der Waals surface area contributed by atoms with Crippen LogP contribution in [0.1, 0.15) is 23.2 Å². The van der Waals surface area contributed by atoms with Crippen LogP contribution >= 0.6 is 0 Å². The van der Waals surface area contributed by atoms with Crippen molar-refractivity contribution in [3.63, 3.8) is 0 Å². The van der Waals surface area contributed by atoms with Gasteiger partial charge in [-0.3, -0.25) is 19.3 Å². The molecule has 2 rings (SSSR count). The van der Waals surface area contributed by atoms with Crippen LogP contribution < -0.4 is 10.1 Å². The Kier molecular flexibility index (Phi) is 6.02. The molecule has 1 saturated heterocycles. The summed E-state index contributed by atoms with van der Waals surface area (Å²) in [5.74, 6) is -2.58. The molecule has 0 aromatic heterocycles. The van der Waals surface area contributed by atoms with Gasteiger partial charge in [-0.15, -0.1) is 6.07 Å². The summed E-state index contributed by atoms with van der Waals surface area (Å²) in [5, 5.41) is 5.70. The number of imide groups is 1. The molecule has 1 aliphatic rings. The molecule has 1 aliphatic heterocycles. The third-order valence-electron chi connectivity index (χ3n) is 2.79. The van der Waals surface area contributed by atoms with Gasteiger partial charge in [0.25, 0.3) is 0 Å². The van der Waals surface area contributed by atoms with E-state index >= 15 is 0 Å². The van der Waals surface area contributed by atoms with E-state index < -0.39 is 35.1 Å². The average molecular weight is 462 g/mol. The Balaban J connectivity index is 0.00000220. The molecule has 0 radical (unpaired) electrons. The van der Waals surface area contributed by atoms with E-state index in [-0.39, 0.29) is 39.7 Å². The van der Waals surface area contributed by atoms with Crippen molar-refractivity contribution in [1.29, 1.82) is 0 Å². The molecular formula is C13H11FN2O4W. The number of hydrogen-bond donors (Lipinski definition) is 1. The number of rotatable bonds is 3. The van der Waals surface area contributed by atoms with Crippen molar-refractivity contribution < 1.29 is 44.6 Å². The molecule has 0 spiro atoms. The molecule has 0 aliphatic carbocycles. The predicted octanol–water partition coefficient (Wildman–Crippen LogP) is 0.951. The molecule has 1 aromatic rings. The molecular weight excluding hydrogens is 451 g/mol. The Morgan fingerprint density at radius 3 is 2.81 bits per heavy atom. The number of piperidine rings is 1. The Labute approximate surface area is 134 Å². The van der Waals surface area contributed by atoms with Gasteiger partial charge in [0.15, 0.2) is 0 Å². The summed E-state index contributed by atoms with van der Waals surface area (Å²) in [6.45, 7) is 0. The van der Waals surface area contributed by atoms with Crippen molar-refractivity contribution in [1.82, 2.24) is 5.32 Å². The topological polar surface area (TPSA) is 86.6 Å². The molecule has 1 fully saturated rings. The third-order valence-corrected chi connectivity index (χ3v) is 2.79. The van der Waals surface area contributed by atoms with Crippen LogP contribution in [0.2, 0.25) is 0 Å². The monoisotopic (exact) mass is 462 g/mol. The second-order valence-corrected chi connectivity index (χ2v) is 4.15. The first kappa shape index (κ1) is 17.3. The van der Waals surface area contributed by atoms with E-state index in [2.05, 4.69) is 16.7 Å². The Bertz CT molecular complexity index is 579. The number of methoxy groups -OCH3 is 1. The second kappa shape index (κ2) is 7.31. The average Bonchev–Trinajstić information content (AvgIpc) is 2.42. The fourth-order valence-electron chi connectivity index (χ4n) is 1.74. The molecule has 1 atom stereocenters. The summed E-state index contributed by atoms with van der Waals surface area (Å²) in [7, 11) is 1.36. The van der Waals surface area contributed by atoms with Crippen LogP contribution in [0, 0.1) is 11.9 Å². The summed E-state index contributed by atoms with van der Waals surface area (Å²) in [5.41, 5.74) is -0.394. The summed E-state index contributed by atoms with van der Waals surface area (Å²) in [6.07, 6.45) is 0.222. The Morgan fingerprint density at radius 2 is 2.19 bits per heavy atom. The largest absolute Gasteiger partial charge is 2.00 e. The minimum absolute atomic E-state index is 0.